The molecule has 0 fully saturated rings. The van der Waals surface area contributed by atoms with Crippen molar-refractivity contribution in [2.24, 2.45) is 0 Å². The average Bonchev–Trinajstić information content (AvgIpc) is 2.13. The smallest absolute Gasteiger partial charge is 0.147 e. The van der Waals surface area contributed by atoms with Gasteiger partial charge in [0.1, 0.15) is 21.5 Å². The van der Waals surface area contributed by atoms with Crippen molar-refractivity contribution in [3.05, 3.63) is 35.4 Å². The topological polar surface area (TPSA) is 54.4 Å². The Morgan fingerprint density at radius 3 is 2.50 bits per heavy atom. The zero-order valence-electron chi connectivity index (χ0n) is 8.65. The second-order valence-corrected chi connectivity index (χ2v) is 5.86. The maximum Gasteiger partial charge on any atom is 0.147 e. The fourth-order valence-electron chi connectivity index (χ4n) is 1.25. The van der Waals surface area contributed by atoms with Gasteiger partial charge in [0, 0.05) is 17.9 Å². The van der Waals surface area contributed by atoms with Gasteiger partial charge in [-0.1, -0.05) is 6.07 Å². The number of aliphatic hydroxyl groups excluding tert-OH is 1. The molecule has 90 valence electrons. The van der Waals surface area contributed by atoms with Gasteiger partial charge in [0.15, 0.2) is 0 Å². The lowest BCUT2D eigenvalue weighted by atomic mass is 10.1. The fraction of sp³-hybridized carbons (Fsp3) is 0.400. The molecule has 0 amide bonds. The van der Waals surface area contributed by atoms with Gasteiger partial charge in [-0.3, -0.25) is 0 Å². The normalized spacial score (nSPS) is 13.8. The van der Waals surface area contributed by atoms with Crippen LogP contribution in [0.2, 0.25) is 0 Å². The van der Waals surface area contributed by atoms with E-state index in [0.29, 0.717) is 6.07 Å². The summed E-state index contributed by atoms with van der Waals surface area (Å²) in [5, 5.41) is 9.53. The van der Waals surface area contributed by atoms with Crippen LogP contribution in [0.4, 0.5) is 8.78 Å². The highest BCUT2D eigenvalue weighted by atomic mass is 32.2. The number of rotatable bonds is 4. The van der Waals surface area contributed by atoms with E-state index in [1.807, 2.05) is 0 Å². The predicted molar refractivity (Wildman–Crippen MR) is 55.6 cm³/mol. The largest absolute Gasteiger partial charge is 0.388 e. The average molecular weight is 250 g/mol. The molecule has 1 atom stereocenters. The van der Waals surface area contributed by atoms with E-state index < -0.39 is 27.6 Å². The maximum absolute atomic E-state index is 13.2. The summed E-state index contributed by atoms with van der Waals surface area (Å²) in [7, 11) is -3.20. The molecule has 0 radical (unpaired) electrons. The lowest BCUT2D eigenvalue weighted by Crippen LogP contribution is -2.09. The molecule has 0 saturated carbocycles. The van der Waals surface area contributed by atoms with E-state index in [-0.39, 0.29) is 17.7 Å². The first-order valence-corrected chi connectivity index (χ1v) is 6.66. The molecule has 0 aromatic heterocycles. The molecule has 0 aliphatic heterocycles. The molecule has 6 heteroatoms. The Kier molecular flexibility index (Phi) is 3.98. The summed E-state index contributed by atoms with van der Waals surface area (Å²) in [4.78, 5) is 0. The van der Waals surface area contributed by atoms with Gasteiger partial charge in [0.2, 0.25) is 0 Å². The summed E-state index contributed by atoms with van der Waals surface area (Å²) >= 11 is 0. The van der Waals surface area contributed by atoms with E-state index in [1.54, 1.807) is 0 Å². The number of benzene rings is 1. The van der Waals surface area contributed by atoms with Crippen LogP contribution in [0.25, 0.3) is 0 Å². The second-order valence-electron chi connectivity index (χ2n) is 3.60. The van der Waals surface area contributed by atoms with E-state index in [2.05, 4.69) is 0 Å². The summed E-state index contributed by atoms with van der Waals surface area (Å²) in [6, 6.07) is 2.78. The van der Waals surface area contributed by atoms with Gasteiger partial charge in [-0.25, -0.2) is 17.2 Å². The van der Waals surface area contributed by atoms with Crippen LogP contribution in [0, 0.1) is 11.6 Å². The van der Waals surface area contributed by atoms with Crippen LogP contribution >= 0.6 is 0 Å². The molecule has 0 spiro atoms. The molecule has 0 saturated heterocycles. The third-order valence-electron chi connectivity index (χ3n) is 2.08. The monoisotopic (exact) mass is 250 g/mol. The molecule has 1 N–H and O–H groups in total. The summed E-state index contributed by atoms with van der Waals surface area (Å²) in [5.41, 5.74) is -0.0925. The molecule has 0 aliphatic rings. The first-order valence-electron chi connectivity index (χ1n) is 4.60. The number of aliphatic hydroxyl groups is 1. The SMILES string of the molecule is CS(=O)(=O)CCC(O)c1ccc(F)cc1F. The number of hydrogen-bond acceptors (Lipinski definition) is 3. The Bertz CT molecular complexity index is 471. The molecule has 3 nitrogen and oxygen atoms in total. The fourth-order valence-corrected chi connectivity index (χ4v) is 1.90. The summed E-state index contributed by atoms with van der Waals surface area (Å²) in [6.07, 6.45) is -0.322. The number of halogens is 2. The van der Waals surface area contributed by atoms with Crippen molar-refractivity contribution in [1.29, 1.82) is 0 Å². The molecule has 0 heterocycles. The minimum Gasteiger partial charge on any atom is -0.388 e. The minimum atomic E-state index is -3.20. The van der Waals surface area contributed by atoms with Gasteiger partial charge >= 0.3 is 0 Å². The van der Waals surface area contributed by atoms with Crippen molar-refractivity contribution in [1.82, 2.24) is 0 Å². The van der Waals surface area contributed by atoms with Crippen molar-refractivity contribution in [2.75, 3.05) is 12.0 Å². The molecule has 1 aromatic rings. The molecule has 0 bridgehead atoms. The van der Waals surface area contributed by atoms with Crippen molar-refractivity contribution in [2.45, 2.75) is 12.5 Å². The van der Waals surface area contributed by atoms with E-state index in [9.17, 15) is 22.3 Å². The zero-order chi connectivity index (χ0) is 12.3. The van der Waals surface area contributed by atoms with E-state index in [0.717, 1.165) is 18.4 Å². The van der Waals surface area contributed by atoms with Gasteiger partial charge in [-0.15, -0.1) is 0 Å². The lowest BCUT2D eigenvalue weighted by Gasteiger charge is -2.11. The van der Waals surface area contributed by atoms with E-state index in [1.165, 1.54) is 0 Å². The first kappa shape index (κ1) is 13.1. The second kappa shape index (κ2) is 4.88. The Hall–Kier alpha value is -1.01. The molecule has 1 unspecified atom stereocenters. The maximum atomic E-state index is 13.2. The van der Waals surface area contributed by atoms with Crippen LogP contribution in [-0.2, 0) is 9.84 Å². The summed E-state index contributed by atoms with van der Waals surface area (Å²) in [6.45, 7) is 0. The van der Waals surface area contributed by atoms with Crippen molar-refractivity contribution >= 4 is 9.84 Å². The van der Waals surface area contributed by atoms with Crippen molar-refractivity contribution < 1.29 is 22.3 Å². The van der Waals surface area contributed by atoms with Gasteiger partial charge in [0.25, 0.3) is 0 Å². The highest BCUT2D eigenvalue weighted by Crippen LogP contribution is 2.21. The highest BCUT2D eigenvalue weighted by molar-refractivity contribution is 7.90. The zero-order valence-corrected chi connectivity index (χ0v) is 9.47. The standard InChI is InChI=1S/C10H12F2O3S/c1-16(14,15)5-4-10(13)8-3-2-7(11)6-9(8)12/h2-3,6,10,13H,4-5H2,1H3. The Balaban J connectivity index is 2.77. The van der Waals surface area contributed by atoms with Crippen molar-refractivity contribution in [3.8, 4) is 0 Å². The number of hydrogen-bond donors (Lipinski definition) is 1. The van der Waals surface area contributed by atoms with Crippen LogP contribution in [0.3, 0.4) is 0 Å². The van der Waals surface area contributed by atoms with Crippen LogP contribution in [0.15, 0.2) is 18.2 Å². The third kappa shape index (κ3) is 3.86. The molecule has 0 aliphatic carbocycles. The third-order valence-corrected chi connectivity index (χ3v) is 3.06. The highest BCUT2D eigenvalue weighted by Gasteiger charge is 2.15. The Labute approximate surface area is 92.6 Å². The lowest BCUT2D eigenvalue weighted by molar-refractivity contribution is 0.169. The first-order chi connectivity index (χ1) is 7.29. The summed E-state index contributed by atoms with van der Waals surface area (Å²) in [5.74, 6) is -1.86. The molecule has 16 heavy (non-hydrogen) atoms. The van der Waals surface area contributed by atoms with Crippen LogP contribution in [0.5, 0.6) is 0 Å². The van der Waals surface area contributed by atoms with Crippen molar-refractivity contribution in [3.63, 3.8) is 0 Å². The van der Waals surface area contributed by atoms with Gasteiger partial charge in [-0.05, 0) is 12.5 Å². The minimum absolute atomic E-state index is 0.0925. The van der Waals surface area contributed by atoms with Crippen LogP contribution in [0.1, 0.15) is 18.1 Å². The van der Waals surface area contributed by atoms with Crippen LogP contribution < -0.4 is 0 Å². The molecular weight excluding hydrogens is 238 g/mol. The van der Waals surface area contributed by atoms with Crippen LogP contribution in [-0.4, -0.2) is 25.5 Å². The van der Waals surface area contributed by atoms with Gasteiger partial charge < -0.3 is 5.11 Å². The Morgan fingerprint density at radius 1 is 1.38 bits per heavy atom. The quantitative estimate of drug-likeness (QED) is 0.879. The van der Waals surface area contributed by atoms with E-state index in [4.69, 9.17) is 0 Å². The van der Waals surface area contributed by atoms with Gasteiger partial charge in [0.05, 0.1) is 11.9 Å². The Morgan fingerprint density at radius 2 is 2.00 bits per heavy atom. The molecule has 1 aromatic carbocycles. The summed E-state index contributed by atoms with van der Waals surface area (Å²) < 4.78 is 47.4. The molecule has 1 rings (SSSR count). The number of sulfone groups is 1. The molecular formula is C10H12F2O3S. The van der Waals surface area contributed by atoms with E-state index >= 15 is 0 Å². The van der Waals surface area contributed by atoms with Gasteiger partial charge in [-0.2, -0.15) is 0 Å². The predicted octanol–water partition coefficient (Wildman–Crippen LogP) is 1.43.